The molecule has 1 atom stereocenters. The van der Waals surface area contributed by atoms with E-state index in [1.807, 2.05) is 44.2 Å². The van der Waals surface area contributed by atoms with Gasteiger partial charge in [0.25, 0.3) is 5.91 Å². The number of hydrogen-bond acceptors (Lipinski definition) is 6. The van der Waals surface area contributed by atoms with Crippen LogP contribution in [0.2, 0.25) is 0 Å². The molecule has 42 heavy (non-hydrogen) atoms. The van der Waals surface area contributed by atoms with Crippen LogP contribution >= 0.6 is 0 Å². The van der Waals surface area contributed by atoms with Crippen molar-refractivity contribution in [2.75, 3.05) is 32.8 Å². The molecule has 1 heterocycles. The smallest absolute Gasteiger partial charge is 0.251 e. The van der Waals surface area contributed by atoms with Crippen LogP contribution in [0.3, 0.4) is 0 Å². The van der Waals surface area contributed by atoms with Gasteiger partial charge >= 0.3 is 0 Å². The summed E-state index contributed by atoms with van der Waals surface area (Å²) < 4.78 is 47.8. The zero-order valence-electron chi connectivity index (χ0n) is 24.0. The summed E-state index contributed by atoms with van der Waals surface area (Å²) in [5, 5.41) is 2.79. The third-order valence-electron chi connectivity index (χ3n) is 7.26. The second-order valence-electron chi connectivity index (χ2n) is 11.2. The molecule has 0 aromatic heterocycles. The summed E-state index contributed by atoms with van der Waals surface area (Å²) in [6.07, 6.45) is 0.924. The number of hydrogen-bond donors (Lipinski definition) is 2. The molecule has 0 unspecified atom stereocenters. The number of Topliss-reactive ketones (excluding diaryl/α,β-unsaturated/α-hetero) is 1. The zero-order chi connectivity index (χ0) is 30.2. The Hall–Kier alpha value is -3.44. The minimum Gasteiger partial charge on any atom is -0.379 e. The van der Waals surface area contributed by atoms with Crippen molar-refractivity contribution in [1.29, 1.82) is 0 Å². The first-order valence-electron chi connectivity index (χ1n) is 14.1. The second kappa shape index (κ2) is 14.2. The van der Waals surface area contributed by atoms with Crippen LogP contribution in [0.15, 0.2) is 83.8 Å². The van der Waals surface area contributed by atoms with Crippen molar-refractivity contribution in [3.05, 3.63) is 101 Å². The van der Waals surface area contributed by atoms with Crippen LogP contribution in [0.4, 0.5) is 4.39 Å². The van der Waals surface area contributed by atoms with Gasteiger partial charge in [-0.3, -0.25) is 14.5 Å². The molecule has 0 radical (unpaired) electrons. The molecule has 0 saturated carbocycles. The molecule has 10 heteroatoms. The normalized spacial score (nSPS) is 15.2. The Bertz CT molecular complexity index is 1440. The SMILES string of the molecule is CC(C)(CCN1CCOCC1)NS(=O)(=O)c1ccc(CC(=O)[C@H](Cc2ccccc2)NC(=O)c2ccc(F)cc2)cc1. The standard InChI is InChI=1S/C32H38FN3O5S/c1-32(2,16-17-36-18-20-41-21-19-36)35-42(39,40)28-14-8-25(9-15-28)23-30(37)29(22-24-6-4-3-5-7-24)34-31(38)26-10-12-27(33)13-11-26/h3-15,29,35H,16-23H2,1-2H3,(H,34,38)/t29-/m0/s1. The van der Waals surface area contributed by atoms with E-state index in [1.54, 1.807) is 12.1 Å². The van der Waals surface area contributed by atoms with Crippen LogP contribution in [0.5, 0.6) is 0 Å². The molecule has 0 bridgehead atoms. The minimum absolute atomic E-state index is 0.00000366. The molecule has 1 aliphatic heterocycles. The number of morpholine rings is 1. The first kappa shape index (κ1) is 31.5. The van der Waals surface area contributed by atoms with E-state index in [0.29, 0.717) is 25.2 Å². The predicted molar refractivity (Wildman–Crippen MR) is 159 cm³/mol. The summed E-state index contributed by atoms with van der Waals surface area (Å²) >= 11 is 0. The lowest BCUT2D eigenvalue weighted by Gasteiger charge is -2.32. The van der Waals surface area contributed by atoms with Crippen molar-refractivity contribution in [3.63, 3.8) is 0 Å². The molecule has 3 aromatic carbocycles. The highest BCUT2D eigenvalue weighted by Crippen LogP contribution is 2.18. The molecule has 1 amide bonds. The average Bonchev–Trinajstić information content (AvgIpc) is 2.97. The Balaban J connectivity index is 1.40. The van der Waals surface area contributed by atoms with Gasteiger partial charge in [0.1, 0.15) is 5.82 Å². The van der Waals surface area contributed by atoms with E-state index in [-0.39, 0.29) is 29.1 Å². The first-order chi connectivity index (χ1) is 20.0. The number of carbonyl (C=O) groups is 2. The van der Waals surface area contributed by atoms with Gasteiger partial charge in [0.2, 0.25) is 10.0 Å². The molecule has 0 aliphatic carbocycles. The summed E-state index contributed by atoms with van der Waals surface area (Å²) in [6.45, 7) is 7.55. The average molecular weight is 596 g/mol. The Morgan fingerprint density at radius 2 is 1.57 bits per heavy atom. The molecular weight excluding hydrogens is 557 g/mol. The molecule has 1 saturated heterocycles. The van der Waals surface area contributed by atoms with Gasteiger partial charge in [0, 0.05) is 37.2 Å². The lowest BCUT2D eigenvalue weighted by atomic mass is 9.97. The minimum atomic E-state index is -3.78. The van der Waals surface area contributed by atoms with Crippen molar-refractivity contribution in [1.82, 2.24) is 14.9 Å². The van der Waals surface area contributed by atoms with Gasteiger partial charge in [-0.05, 0) is 74.2 Å². The fraction of sp³-hybridized carbons (Fsp3) is 0.375. The maximum Gasteiger partial charge on any atom is 0.251 e. The summed E-state index contributed by atoms with van der Waals surface area (Å²) in [5.74, 6) is -1.17. The summed E-state index contributed by atoms with van der Waals surface area (Å²) in [4.78, 5) is 28.6. The molecule has 2 N–H and O–H groups in total. The third kappa shape index (κ3) is 9.29. The molecule has 4 rings (SSSR count). The number of ether oxygens (including phenoxy) is 1. The highest BCUT2D eigenvalue weighted by atomic mass is 32.2. The van der Waals surface area contributed by atoms with Gasteiger partial charge in [-0.15, -0.1) is 0 Å². The molecule has 0 spiro atoms. The fourth-order valence-corrected chi connectivity index (χ4v) is 6.23. The maximum absolute atomic E-state index is 13.4. The predicted octanol–water partition coefficient (Wildman–Crippen LogP) is 3.76. The van der Waals surface area contributed by atoms with Crippen LogP contribution in [-0.4, -0.2) is 69.4 Å². The number of nitrogens with one attached hydrogen (secondary N) is 2. The van der Waals surface area contributed by atoms with E-state index >= 15 is 0 Å². The van der Waals surface area contributed by atoms with Crippen LogP contribution in [0, 0.1) is 5.82 Å². The van der Waals surface area contributed by atoms with Gasteiger partial charge in [0.05, 0.1) is 24.2 Å². The summed E-state index contributed by atoms with van der Waals surface area (Å²) in [6, 6.07) is 19.8. The van der Waals surface area contributed by atoms with E-state index in [9.17, 15) is 22.4 Å². The fourth-order valence-electron chi connectivity index (χ4n) is 4.78. The molecule has 8 nitrogen and oxygen atoms in total. The van der Waals surface area contributed by atoms with E-state index in [4.69, 9.17) is 4.74 Å². The Kier molecular flexibility index (Phi) is 10.6. The number of halogens is 1. The second-order valence-corrected chi connectivity index (χ2v) is 12.9. The van der Waals surface area contributed by atoms with Crippen LogP contribution < -0.4 is 10.0 Å². The Morgan fingerprint density at radius 1 is 0.929 bits per heavy atom. The van der Waals surface area contributed by atoms with Gasteiger partial charge < -0.3 is 10.1 Å². The number of rotatable bonds is 13. The van der Waals surface area contributed by atoms with Crippen molar-refractivity contribution in [2.24, 2.45) is 0 Å². The highest BCUT2D eigenvalue weighted by molar-refractivity contribution is 7.89. The highest BCUT2D eigenvalue weighted by Gasteiger charge is 2.28. The Labute approximate surface area is 247 Å². The van der Waals surface area contributed by atoms with Crippen molar-refractivity contribution in [3.8, 4) is 0 Å². The number of amides is 1. The summed E-state index contributed by atoms with van der Waals surface area (Å²) in [5.41, 5.74) is 1.09. The van der Waals surface area contributed by atoms with Gasteiger partial charge in [-0.25, -0.2) is 17.5 Å². The zero-order valence-corrected chi connectivity index (χ0v) is 24.8. The largest absolute Gasteiger partial charge is 0.379 e. The number of ketones is 1. The van der Waals surface area contributed by atoms with E-state index in [0.717, 1.165) is 25.2 Å². The monoisotopic (exact) mass is 595 g/mol. The van der Waals surface area contributed by atoms with Crippen LogP contribution in [0.25, 0.3) is 0 Å². The quantitative estimate of drug-likeness (QED) is 0.312. The molecule has 1 aliphatic rings. The van der Waals surface area contributed by atoms with Crippen molar-refractivity contribution in [2.45, 2.75) is 49.6 Å². The molecule has 1 fully saturated rings. The first-order valence-corrected chi connectivity index (χ1v) is 15.6. The molecule has 3 aromatic rings. The van der Waals surface area contributed by atoms with Crippen LogP contribution in [0.1, 0.15) is 41.8 Å². The third-order valence-corrected chi connectivity index (χ3v) is 8.98. The lowest BCUT2D eigenvalue weighted by molar-refractivity contribution is -0.120. The van der Waals surface area contributed by atoms with Crippen molar-refractivity contribution >= 4 is 21.7 Å². The van der Waals surface area contributed by atoms with E-state index in [2.05, 4.69) is 14.9 Å². The van der Waals surface area contributed by atoms with E-state index < -0.39 is 33.3 Å². The van der Waals surface area contributed by atoms with Gasteiger partial charge in [-0.1, -0.05) is 42.5 Å². The maximum atomic E-state index is 13.4. The number of sulfonamides is 1. The number of nitrogens with zero attached hydrogens (tertiary/aromatic N) is 1. The lowest BCUT2D eigenvalue weighted by Crippen LogP contribution is -2.47. The Morgan fingerprint density at radius 3 is 2.21 bits per heavy atom. The topological polar surface area (TPSA) is 105 Å². The molecule has 224 valence electrons. The van der Waals surface area contributed by atoms with Crippen LogP contribution in [-0.2, 0) is 32.4 Å². The van der Waals surface area contributed by atoms with Gasteiger partial charge in [-0.2, -0.15) is 0 Å². The van der Waals surface area contributed by atoms with E-state index in [1.165, 1.54) is 36.4 Å². The summed E-state index contributed by atoms with van der Waals surface area (Å²) in [7, 11) is -3.78. The van der Waals surface area contributed by atoms with Crippen molar-refractivity contribution < 1.29 is 27.1 Å². The van der Waals surface area contributed by atoms with Gasteiger partial charge in [0.15, 0.2) is 5.78 Å². The number of carbonyl (C=O) groups excluding carboxylic acids is 2. The molecular formula is C32H38FN3O5S. The number of benzene rings is 3.